The molecule has 2 rings (SSSR count). The molecule has 0 spiro atoms. The molecule has 0 amide bonds. The van der Waals surface area contributed by atoms with Gasteiger partial charge in [-0.1, -0.05) is 20.8 Å². The Morgan fingerprint density at radius 3 is 2.35 bits per heavy atom. The number of hydrogen-bond donors (Lipinski definition) is 0. The smallest absolute Gasteiger partial charge is 0.306 e. The standard InChI is InChI=1S/C16H20O4/c1-16(2,3)15-12(9-13(17)20-15)14(18)10-5-7-11(19-4)8-6-10/h5-8,12,15H,9H2,1-4H3/t12-,15+/m0/s1. The van der Waals surface area contributed by atoms with Gasteiger partial charge in [-0.2, -0.15) is 0 Å². The summed E-state index contributed by atoms with van der Waals surface area (Å²) in [5.41, 5.74) is 0.335. The molecule has 0 unspecified atom stereocenters. The molecule has 0 N–H and O–H groups in total. The van der Waals surface area contributed by atoms with Crippen molar-refractivity contribution in [3.05, 3.63) is 29.8 Å². The molecule has 0 bridgehead atoms. The molecule has 1 aromatic rings. The van der Waals surface area contributed by atoms with Gasteiger partial charge in [-0.25, -0.2) is 0 Å². The molecule has 2 atom stereocenters. The van der Waals surface area contributed by atoms with Gasteiger partial charge in [-0.15, -0.1) is 0 Å². The maximum absolute atomic E-state index is 12.6. The number of carbonyl (C=O) groups excluding carboxylic acids is 2. The largest absolute Gasteiger partial charge is 0.497 e. The first kappa shape index (κ1) is 14.6. The Bertz CT molecular complexity index is 510. The molecule has 1 saturated heterocycles. The fourth-order valence-electron chi connectivity index (χ4n) is 2.54. The van der Waals surface area contributed by atoms with Crippen LogP contribution in [0.4, 0.5) is 0 Å². The second-order valence-corrected chi connectivity index (χ2v) is 6.18. The van der Waals surface area contributed by atoms with E-state index in [0.29, 0.717) is 11.3 Å². The van der Waals surface area contributed by atoms with Crippen LogP contribution in [0.3, 0.4) is 0 Å². The Morgan fingerprint density at radius 2 is 1.85 bits per heavy atom. The van der Waals surface area contributed by atoms with E-state index in [2.05, 4.69) is 0 Å². The van der Waals surface area contributed by atoms with Crippen molar-refractivity contribution < 1.29 is 19.1 Å². The molecule has 0 saturated carbocycles. The van der Waals surface area contributed by atoms with Gasteiger partial charge in [0.05, 0.1) is 19.4 Å². The molecular weight excluding hydrogens is 256 g/mol. The van der Waals surface area contributed by atoms with E-state index in [1.165, 1.54) is 0 Å². The van der Waals surface area contributed by atoms with Crippen molar-refractivity contribution in [2.45, 2.75) is 33.3 Å². The minimum atomic E-state index is -0.407. The molecule has 4 nitrogen and oxygen atoms in total. The van der Waals surface area contributed by atoms with E-state index in [4.69, 9.17) is 9.47 Å². The van der Waals surface area contributed by atoms with Crippen LogP contribution in [0.1, 0.15) is 37.6 Å². The minimum Gasteiger partial charge on any atom is -0.497 e. The Morgan fingerprint density at radius 1 is 1.25 bits per heavy atom. The van der Waals surface area contributed by atoms with Crippen molar-refractivity contribution in [2.24, 2.45) is 11.3 Å². The number of carbonyl (C=O) groups is 2. The molecule has 108 valence electrons. The van der Waals surface area contributed by atoms with Crippen LogP contribution >= 0.6 is 0 Å². The highest BCUT2D eigenvalue weighted by Crippen LogP contribution is 2.37. The summed E-state index contributed by atoms with van der Waals surface area (Å²) in [6.07, 6.45) is -0.211. The normalized spacial score (nSPS) is 22.5. The van der Waals surface area contributed by atoms with Gasteiger partial charge in [0.25, 0.3) is 0 Å². The third-order valence-corrected chi connectivity index (χ3v) is 3.58. The highest BCUT2D eigenvalue weighted by molar-refractivity contribution is 6.01. The molecule has 1 aromatic carbocycles. The number of hydrogen-bond acceptors (Lipinski definition) is 4. The monoisotopic (exact) mass is 276 g/mol. The number of esters is 1. The van der Waals surface area contributed by atoms with Crippen molar-refractivity contribution in [3.63, 3.8) is 0 Å². The molecule has 0 aliphatic carbocycles. The van der Waals surface area contributed by atoms with Gasteiger partial charge in [0, 0.05) is 5.56 Å². The third-order valence-electron chi connectivity index (χ3n) is 3.58. The Labute approximate surface area is 119 Å². The van der Waals surface area contributed by atoms with Crippen LogP contribution in [0.15, 0.2) is 24.3 Å². The van der Waals surface area contributed by atoms with Crippen LogP contribution in [0.25, 0.3) is 0 Å². The first-order chi connectivity index (χ1) is 9.32. The summed E-state index contributed by atoms with van der Waals surface area (Å²) < 4.78 is 10.4. The van der Waals surface area contributed by atoms with E-state index in [1.54, 1.807) is 31.4 Å². The molecule has 4 heteroatoms. The van der Waals surface area contributed by atoms with E-state index < -0.39 is 5.92 Å². The highest BCUT2D eigenvalue weighted by Gasteiger charge is 2.45. The zero-order valence-electron chi connectivity index (χ0n) is 12.3. The quantitative estimate of drug-likeness (QED) is 0.629. The number of Topliss-reactive ketones (excluding diaryl/α,β-unsaturated/α-hetero) is 1. The van der Waals surface area contributed by atoms with E-state index in [9.17, 15) is 9.59 Å². The van der Waals surface area contributed by atoms with E-state index in [0.717, 1.165) is 0 Å². The van der Waals surface area contributed by atoms with Crippen molar-refractivity contribution in [1.29, 1.82) is 0 Å². The first-order valence-corrected chi connectivity index (χ1v) is 6.70. The summed E-state index contributed by atoms with van der Waals surface area (Å²) in [6, 6.07) is 6.95. The molecule has 0 aromatic heterocycles. The molecular formula is C16H20O4. The average molecular weight is 276 g/mol. The van der Waals surface area contributed by atoms with Crippen LogP contribution in [0.5, 0.6) is 5.75 Å². The third kappa shape index (κ3) is 2.84. The van der Waals surface area contributed by atoms with E-state index in [-0.39, 0.29) is 29.7 Å². The second kappa shape index (κ2) is 5.27. The summed E-state index contributed by atoms with van der Waals surface area (Å²) in [7, 11) is 1.58. The van der Waals surface area contributed by atoms with E-state index >= 15 is 0 Å². The fraction of sp³-hybridized carbons (Fsp3) is 0.500. The second-order valence-electron chi connectivity index (χ2n) is 6.18. The predicted molar refractivity (Wildman–Crippen MR) is 74.8 cm³/mol. The van der Waals surface area contributed by atoms with Crippen molar-refractivity contribution in [3.8, 4) is 5.75 Å². The minimum absolute atomic E-state index is 0.0431. The van der Waals surface area contributed by atoms with Gasteiger partial charge in [0.15, 0.2) is 5.78 Å². The number of rotatable bonds is 3. The van der Waals surface area contributed by atoms with Crippen LogP contribution in [0, 0.1) is 11.3 Å². The lowest BCUT2D eigenvalue weighted by Crippen LogP contribution is -2.35. The summed E-state index contributed by atoms with van der Waals surface area (Å²) in [4.78, 5) is 24.1. The number of methoxy groups -OCH3 is 1. The van der Waals surface area contributed by atoms with Crippen molar-refractivity contribution in [1.82, 2.24) is 0 Å². The van der Waals surface area contributed by atoms with Gasteiger partial charge in [0.1, 0.15) is 11.9 Å². The van der Waals surface area contributed by atoms with Crippen LogP contribution in [0.2, 0.25) is 0 Å². The Balaban J connectivity index is 2.24. The van der Waals surface area contributed by atoms with Crippen molar-refractivity contribution >= 4 is 11.8 Å². The summed E-state index contributed by atoms with van der Waals surface area (Å²) in [5, 5.41) is 0. The average Bonchev–Trinajstić information content (AvgIpc) is 2.80. The molecule has 0 radical (unpaired) electrons. The Hall–Kier alpha value is -1.84. The van der Waals surface area contributed by atoms with Crippen molar-refractivity contribution in [2.75, 3.05) is 7.11 Å². The van der Waals surface area contributed by atoms with Gasteiger partial charge in [0.2, 0.25) is 0 Å². The Kier molecular flexibility index (Phi) is 3.84. The number of benzene rings is 1. The fourth-order valence-corrected chi connectivity index (χ4v) is 2.54. The lowest BCUT2D eigenvalue weighted by Gasteiger charge is -2.29. The summed E-state index contributed by atoms with van der Waals surface area (Å²) in [5.74, 6) is -0.0428. The zero-order chi connectivity index (χ0) is 14.9. The predicted octanol–water partition coefficient (Wildman–Crippen LogP) is 2.86. The lowest BCUT2D eigenvalue weighted by atomic mass is 9.78. The highest BCUT2D eigenvalue weighted by atomic mass is 16.6. The van der Waals surface area contributed by atoms with Crippen LogP contribution in [-0.2, 0) is 9.53 Å². The number of ether oxygens (including phenoxy) is 2. The van der Waals surface area contributed by atoms with Crippen LogP contribution < -0.4 is 4.74 Å². The topological polar surface area (TPSA) is 52.6 Å². The summed E-state index contributed by atoms with van der Waals surface area (Å²) in [6.45, 7) is 5.93. The molecule has 1 fully saturated rings. The maximum atomic E-state index is 12.6. The molecule has 20 heavy (non-hydrogen) atoms. The molecule has 1 aliphatic rings. The lowest BCUT2D eigenvalue weighted by molar-refractivity contribution is -0.145. The zero-order valence-corrected chi connectivity index (χ0v) is 12.3. The van der Waals surface area contributed by atoms with Crippen LogP contribution in [-0.4, -0.2) is 25.0 Å². The van der Waals surface area contributed by atoms with Gasteiger partial charge in [-0.05, 0) is 29.7 Å². The van der Waals surface area contributed by atoms with E-state index in [1.807, 2.05) is 20.8 Å². The van der Waals surface area contributed by atoms with Gasteiger partial charge in [-0.3, -0.25) is 9.59 Å². The SMILES string of the molecule is COc1ccc(C(=O)[C@@H]2CC(=O)O[C@H]2C(C)(C)C)cc1. The summed E-state index contributed by atoms with van der Waals surface area (Å²) >= 11 is 0. The number of cyclic esters (lactones) is 1. The number of ketones is 1. The molecule has 1 heterocycles. The first-order valence-electron chi connectivity index (χ1n) is 6.70. The van der Waals surface area contributed by atoms with Gasteiger partial charge < -0.3 is 9.47 Å². The maximum Gasteiger partial charge on any atom is 0.306 e. The molecule has 1 aliphatic heterocycles. The van der Waals surface area contributed by atoms with Gasteiger partial charge >= 0.3 is 5.97 Å².